The van der Waals surface area contributed by atoms with Gasteiger partial charge in [0.2, 0.25) is 11.8 Å². The van der Waals surface area contributed by atoms with Crippen molar-refractivity contribution in [2.24, 2.45) is 11.7 Å². The van der Waals surface area contributed by atoms with Gasteiger partial charge in [0.25, 0.3) is 11.8 Å². The molecule has 1 aliphatic heterocycles. The van der Waals surface area contributed by atoms with Gasteiger partial charge in [-0.25, -0.2) is 0 Å². The van der Waals surface area contributed by atoms with Crippen LogP contribution in [0.3, 0.4) is 0 Å². The SMILES string of the molecule is CCCCCC(=O)C(CC(N)=O)C(=N)ON1C(=O)C=CC1=O. The Kier molecular flexibility index (Phi) is 6.43. The molecule has 0 saturated heterocycles. The maximum absolute atomic E-state index is 12.1. The normalized spacial score (nSPS) is 15.0. The van der Waals surface area contributed by atoms with Crippen LogP contribution in [0.2, 0.25) is 0 Å². The van der Waals surface area contributed by atoms with Crippen molar-refractivity contribution in [3.63, 3.8) is 0 Å². The molecule has 120 valence electrons. The molecule has 8 heteroatoms. The number of nitrogens with two attached hydrogens (primary N) is 1. The lowest BCUT2D eigenvalue weighted by molar-refractivity contribution is -0.166. The lowest BCUT2D eigenvalue weighted by atomic mass is 9.95. The second-order valence-corrected chi connectivity index (χ2v) is 4.91. The van der Waals surface area contributed by atoms with Crippen molar-refractivity contribution in [3.8, 4) is 0 Å². The number of hydrogen-bond donors (Lipinski definition) is 2. The van der Waals surface area contributed by atoms with Crippen LogP contribution in [0.5, 0.6) is 0 Å². The Bertz CT molecular complexity index is 509. The Morgan fingerprint density at radius 3 is 2.36 bits per heavy atom. The van der Waals surface area contributed by atoms with Gasteiger partial charge in [0, 0.05) is 25.0 Å². The summed E-state index contributed by atoms with van der Waals surface area (Å²) in [6, 6.07) is 0. The fraction of sp³-hybridized carbons (Fsp3) is 0.500. The van der Waals surface area contributed by atoms with Crippen molar-refractivity contribution in [2.45, 2.75) is 39.0 Å². The van der Waals surface area contributed by atoms with Crippen LogP contribution in [0.25, 0.3) is 0 Å². The van der Waals surface area contributed by atoms with Crippen molar-refractivity contribution >= 4 is 29.4 Å². The van der Waals surface area contributed by atoms with E-state index in [1.807, 2.05) is 6.92 Å². The first-order chi connectivity index (χ1) is 10.4. The Hall–Kier alpha value is -2.51. The number of amides is 3. The van der Waals surface area contributed by atoms with Crippen LogP contribution in [-0.2, 0) is 24.0 Å². The summed E-state index contributed by atoms with van der Waals surface area (Å²) in [5, 5.41) is 8.14. The van der Waals surface area contributed by atoms with Gasteiger partial charge >= 0.3 is 0 Å². The van der Waals surface area contributed by atoms with Crippen molar-refractivity contribution in [1.29, 1.82) is 5.41 Å². The molecule has 0 radical (unpaired) electrons. The van der Waals surface area contributed by atoms with Gasteiger partial charge in [-0.1, -0.05) is 24.8 Å². The highest BCUT2D eigenvalue weighted by Gasteiger charge is 2.32. The maximum Gasteiger partial charge on any atom is 0.287 e. The van der Waals surface area contributed by atoms with E-state index in [0.29, 0.717) is 11.5 Å². The summed E-state index contributed by atoms with van der Waals surface area (Å²) in [4.78, 5) is 50.8. The van der Waals surface area contributed by atoms with E-state index in [1.54, 1.807) is 0 Å². The molecule has 0 aliphatic carbocycles. The van der Waals surface area contributed by atoms with Gasteiger partial charge in [-0.3, -0.25) is 24.6 Å². The quantitative estimate of drug-likeness (QED) is 0.276. The number of unbranched alkanes of at least 4 members (excludes halogenated alkanes) is 2. The van der Waals surface area contributed by atoms with Gasteiger partial charge in [-0.2, -0.15) is 0 Å². The summed E-state index contributed by atoms with van der Waals surface area (Å²) < 4.78 is 0. The number of ketones is 1. The summed E-state index contributed by atoms with van der Waals surface area (Å²) in [6.07, 6.45) is 4.15. The fourth-order valence-corrected chi connectivity index (χ4v) is 1.92. The van der Waals surface area contributed by atoms with E-state index in [2.05, 4.69) is 0 Å². The van der Waals surface area contributed by atoms with Gasteiger partial charge in [-0.05, 0) is 6.42 Å². The molecular weight excluding hydrogens is 290 g/mol. The first-order valence-electron chi connectivity index (χ1n) is 7.00. The Balaban J connectivity index is 2.71. The highest BCUT2D eigenvalue weighted by atomic mass is 16.7. The third kappa shape index (κ3) is 4.80. The molecule has 3 amide bonds. The van der Waals surface area contributed by atoms with E-state index in [-0.39, 0.29) is 12.2 Å². The molecule has 3 N–H and O–H groups in total. The number of hydroxylamine groups is 2. The van der Waals surface area contributed by atoms with Crippen molar-refractivity contribution in [3.05, 3.63) is 12.2 Å². The molecular formula is C14H19N3O5. The van der Waals surface area contributed by atoms with Gasteiger partial charge in [0.15, 0.2) is 0 Å². The minimum atomic E-state index is -1.18. The van der Waals surface area contributed by atoms with E-state index in [1.165, 1.54) is 0 Å². The van der Waals surface area contributed by atoms with Crippen LogP contribution >= 0.6 is 0 Å². The molecule has 0 aromatic carbocycles. The van der Waals surface area contributed by atoms with Crippen LogP contribution in [0.15, 0.2) is 12.2 Å². The van der Waals surface area contributed by atoms with Gasteiger partial charge in [0.1, 0.15) is 11.7 Å². The van der Waals surface area contributed by atoms with Gasteiger partial charge in [-0.15, -0.1) is 0 Å². The van der Waals surface area contributed by atoms with Crippen LogP contribution < -0.4 is 5.73 Å². The van der Waals surface area contributed by atoms with E-state index in [4.69, 9.17) is 16.0 Å². The van der Waals surface area contributed by atoms with Crippen molar-refractivity contribution < 1.29 is 24.0 Å². The minimum absolute atomic E-state index is 0.178. The molecule has 0 spiro atoms. The number of Topliss-reactive ketones (excluding diaryl/α,β-unsaturated/α-hetero) is 1. The monoisotopic (exact) mass is 309 g/mol. The van der Waals surface area contributed by atoms with Crippen LogP contribution in [0.1, 0.15) is 39.0 Å². The lowest BCUT2D eigenvalue weighted by Crippen LogP contribution is -2.38. The molecule has 8 nitrogen and oxygen atoms in total. The first-order valence-corrected chi connectivity index (χ1v) is 7.00. The molecule has 1 atom stereocenters. The number of nitrogens with one attached hydrogen (secondary N) is 1. The summed E-state index contributed by atoms with van der Waals surface area (Å²) >= 11 is 0. The second kappa shape index (κ2) is 8.06. The molecule has 0 bridgehead atoms. The second-order valence-electron chi connectivity index (χ2n) is 4.91. The topological polar surface area (TPSA) is 131 Å². The molecule has 0 aromatic heterocycles. The van der Waals surface area contributed by atoms with E-state index < -0.39 is 36.0 Å². The molecule has 0 saturated carbocycles. The number of rotatable bonds is 9. The Labute approximate surface area is 127 Å². The number of carbonyl (C=O) groups excluding carboxylic acids is 4. The number of nitrogens with zero attached hydrogens (tertiary/aromatic N) is 1. The predicted octanol–water partition coefficient (Wildman–Crippen LogP) is 0.461. The molecule has 1 aliphatic rings. The molecule has 1 heterocycles. The van der Waals surface area contributed by atoms with E-state index in [9.17, 15) is 19.2 Å². The third-order valence-electron chi connectivity index (χ3n) is 3.10. The van der Waals surface area contributed by atoms with Gasteiger partial charge in [0.05, 0.1) is 0 Å². The van der Waals surface area contributed by atoms with Crippen molar-refractivity contribution in [2.75, 3.05) is 0 Å². The molecule has 1 unspecified atom stereocenters. The maximum atomic E-state index is 12.1. The molecule has 0 fully saturated rings. The van der Waals surface area contributed by atoms with Crippen LogP contribution in [0.4, 0.5) is 0 Å². The zero-order chi connectivity index (χ0) is 16.7. The molecule has 1 rings (SSSR count). The van der Waals surface area contributed by atoms with E-state index in [0.717, 1.165) is 25.0 Å². The number of imide groups is 1. The van der Waals surface area contributed by atoms with Gasteiger partial charge < -0.3 is 10.6 Å². The zero-order valence-electron chi connectivity index (χ0n) is 12.3. The molecule has 0 aromatic rings. The number of hydrogen-bond acceptors (Lipinski definition) is 6. The smallest absolute Gasteiger partial charge is 0.287 e. The highest BCUT2D eigenvalue weighted by Crippen LogP contribution is 2.15. The fourth-order valence-electron chi connectivity index (χ4n) is 1.92. The largest absolute Gasteiger partial charge is 0.370 e. The third-order valence-corrected chi connectivity index (χ3v) is 3.10. The summed E-state index contributed by atoms with van der Waals surface area (Å²) in [5.41, 5.74) is 5.08. The van der Waals surface area contributed by atoms with Crippen LogP contribution in [-0.4, -0.2) is 34.5 Å². The standard InChI is InChI=1S/C14H19N3O5/c1-2-3-4-5-10(18)9(8-11(15)19)14(16)22-17-12(20)6-7-13(17)21/h6-7,9,16H,2-5,8H2,1H3,(H2,15,19). The summed E-state index contributed by atoms with van der Waals surface area (Å²) in [6.45, 7) is 1.98. The van der Waals surface area contributed by atoms with Crippen LogP contribution in [0, 0.1) is 11.3 Å². The molecule has 22 heavy (non-hydrogen) atoms. The summed E-state index contributed by atoms with van der Waals surface area (Å²) in [5.74, 6) is -4.44. The first kappa shape index (κ1) is 17.5. The zero-order valence-corrected chi connectivity index (χ0v) is 12.3. The predicted molar refractivity (Wildman–Crippen MR) is 76.3 cm³/mol. The Morgan fingerprint density at radius 2 is 1.86 bits per heavy atom. The van der Waals surface area contributed by atoms with E-state index >= 15 is 0 Å². The lowest BCUT2D eigenvalue weighted by Gasteiger charge is -2.19. The number of primary amides is 1. The number of carbonyl (C=O) groups is 4. The Morgan fingerprint density at radius 1 is 1.27 bits per heavy atom. The summed E-state index contributed by atoms with van der Waals surface area (Å²) in [7, 11) is 0. The van der Waals surface area contributed by atoms with Crippen molar-refractivity contribution in [1.82, 2.24) is 5.06 Å². The average molecular weight is 309 g/mol. The average Bonchev–Trinajstić information content (AvgIpc) is 2.76. The minimum Gasteiger partial charge on any atom is -0.370 e. The highest BCUT2D eigenvalue weighted by molar-refractivity contribution is 6.13.